The Kier molecular flexibility index (Phi) is 4.99. The molecule has 21 heavy (non-hydrogen) atoms. The van der Waals surface area contributed by atoms with Gasteiger partial charge in [-0.2, -0.15) is 0 Å². The zero-order valence-corrected chi connectivity index (χ0v) is 14.9. The molecule has 0 fully saturated rings. The lowest BCUT2D eigenvalue weighted by atomic mass is 10.1. The molecule has 0 N–H and O–H groups in total. The molecule has 0 aliphatic rings. The Hall–Kier alpha value is -1.62. The summed E-state index contributed by atoms with van der Waals surface area (Å²) in [6.45, 7) is 13.4. The average Bonchev–Trinajstić information content (AvgIpc) is 2.25. The van der Waals surface area contributed by atoms with Gasteiger partial charge in [0, 0.05) is 6.92 Å². The smallest absolute Gasteiger partial charge is 0.328 e. The summed E-state index contributed by atoms with van der Waals surface area (Å²) in [5.41, 5.74) is 1.20. The van der Waals surface area contributed by atoms with E-state index in [0.29, 0.717) is 5.56 Å². The average molecular weight is 308 g/mol. The first-order chi connectivity index (χ1) is 9.44. The van der Waals surface area contributed by atoms with Crippen molar-refractivity contribution in [3.8, 4) is 5.75 Å². The normalized spacial score (nSPS) is 12.0. The summed E-state index contributed by atoms with van der Waals surface area (Å²) in [5.74, 6) is -0.633. The van der Waals surface area contributed by atoms with E-state index in [0.717, 1.165) is 5.56 Å². The van der Waals surface area contributed by atoms with Crippen LogP contribution in [-0.4, -0.2) is 20.3 Å². The first-order valence-electron chi connectivity index (χ1n) is 6.96. The molecule has 0 radical (unpaired) electrons. The lowest BCUT2D eigenvalue weighted by Crippen LogP contribution is -2.42. The molecule has 116 valence electrons. The van der Waals surface area contributed by atoms with E-state index in [-0.39, 0.29) is 10.8 Å². The third-order valence-electron chi connectivity index (χ3n) is 3.76. The lowest BCUT2D eigenvalue weighted by Gasteiger charge is -2.35. The number of rotatable bonds is 3. The van der Waals surface area contributed by atoms with Crippen LogP contribution in [0.1, 0.15) is 43.6 Å². The van der Waals surface area contributed by atoms with Crippen LogP contribution >= 0.6 is 0 Å². The first kappa shape index (κ1) is 17.4. The molecule has 4 nitrogen and oxygen atoms in total. The molecule has 0 aliphatic heterocycles. The summed E-state index contributed by atoms with van der Waals surface area (Å²) in [7, 11) is -2.22. The Balaban J connectivity index is 3.11. The van der Waals surface area contributed by atoms with Crippen LogP contribution < -0.4 is 4.74 Å². The molecule has 1 rings (SSSR count). The van der Waals surface area contributed by atoms with Crippen molar-refractivity contribution in [2.24, 2.45) is 0 Å². The molecule has 0 saturated heterocycles. The Morgan fingerprint density at radius 2 is 1.71 bits per heavy atom. The van der Waals surface area contributed by atoms with Crippen molar-refractivity contribution in [3.05, 3.63) is 29.3 Å². The molecule has 1 aromatic carbocycles. The summed E-state index contributed by atoms with van der Waals surface area (Å²) in [4.78, 5) is 23.6. The number of hydrogen-bond donors (Lipinski definition) is 0. The van der Waals surface area contributed by atoms with Gasteiger partial charge < -0.3 is 9.16 Å². The van der Waals surface area contributed by atoms with Crippen molar-refractivity contribution in [1.29, 1.82) is 0 Å². The summed E-state index contributed by atoms with van der Waals surface area (Å²) in [6, 6.07) is 5.11. The number of esters is 1. The predicted molar refractivity (Wildman–Crippen MR) is 85.1 cm³/mol. The van der Waals surface area contributed by atoms with E-state index in [1.165, 1.54) is 6.92 Å². The van der Waals surface area contributed by atoms with E-state index in [9.17, 15) is 9.59 Å². The van der Waals surface area contributed by atoms with Crippen molar-refractivity contribution < 1.29 is 18.8 Å². The molecule has 0 heterocycles. The predicted octanol–water partition coefficient (Wildman–Crippen LogP) is 4.08. The molecule has 0 unspecified atom stereocenters. The van der Waals surface area contributed by atoms with Crippen LogP contribution in [0, 0.1) is 6.92 Å². The monoisotopic (exact) mass is 308 g/mol. The molecular formula is C16H24O4Si. The van der Waals surface area contributed by atoms with E-state index in [4.69, 9.17) is 9.16 Å². The zero-order chi connectivity index (χ0) is 16.4. The van der Waals surface area contributed by atoms with Crippen LogP contribution in [0.4, 0.5) is 0 Å². The fourth-order valence-electron chi connectivity index (χ4n) is 1.48. The number of benzene rings is 1. The van der Waals surface area contributed by atoms with E-state index in [2.05, 4.69) is 20.8 Å². The molecular weight excluding hydrogens is 284 g/mol. The maximum Gasteiger partial charge on any atom is 0.328 e. The molecule has 0 atom stereocenters. The molecule has 0 aliphatic carbocycles. The number of aryl methyl sites for hydroxylation is 1. The highest BCUT2D eigenvalue weighted by Crippen LogP contribution is 2.37. The number of ether oxygens (including phenoxy) is 1. The van der Waals surface area contributed by atoms with Gasteiger partial charge in [-0.05, 0) is 42.8 Å². The number of carbonyl (C=O) groups excluding carboxylic acids is 2. The van der Waals surface area contributed by atoms with Gasteiger partial charge in [0.1, 0.15) is 11.3 Å². The second kappa shape index (κ2) is 6.01. The molecule has 0 spiro atoms. The van der Waals surface area contributed by atoms with Crippen molar-refractivity contribution in [2.45, 2.75) is 52.8 Å². The van der Waals surface area contributed by atoms with Gasteiger partial charge in [0.05, 0.1) is 0 Å². The van der Waals surface area contributed by atoms with E-state index in [1.807, 2.05) is 20.0 Å². The van der Waals surface area contributed by atoms with Gasteiger partial charge in [0.15, 0.2) is 0 Å². The molecule has 1 aromatic rings. The third kappa shape index (κ3) is 4.42. The van der Waals surface area contributed by atoms with Gasteiger partial charge in [-0.1, -0.05) is 26.8 Å². The zero-order valence-electron chi connectivity index (χ0n) is 13.9. The number of hydrogen-bond acceptors (Lipinski definition) is 4. The third-order valence-corrected chi connectivity index (χ3v) is 8.07. The van der Waals surface area contributed by atoms with Crippen LogP contribution in [0.15, 0.2) is 18.2 Å². The Morgan fingerprint density at radius 3 is 2.19 bits per heavy atom. The summed E-state index contributed by atoms with van der Waals surface area (Å²) in [6.07, 6.45) is 0. The van der Waals surface area contributed by atoms with Crippen LogP contribution in [0.5, 0.6) is 5.75 Å². The molecule has 0 amide bonds. The molecule has 0 saturated carbocycles. The summed E-state index contributed by atoms with van der Waals surface area (Å²) >= 11 is 0. The van der Waals surface area contributed by atoms with Crippen molar-refractivity contribution in [3.63, 3.8) is 0 Å². The minimum atomic E-state index is -2.22. The maximum atomic E-state index is 12.4. The van der Waals surface area contributed by atoms with Crippen molar-refractivity contribution >= 4 is 20.3 Å². The molecule has 5 heteroatoms. The largest absolute Gasteiger partial charge is 0.516 e. The quantitative estimate of drug-likeness (QED) is 0.479. The van der Waals surface area contributed by atoms with Crippen LogP contribution in [-0.2, 0) is 9.22 Å². The van der Waals surface area contributed by atoms with Crippen molar-refractivity contribution in [2.75, 3.05) is 0 Å². The highest BCUT2D eigenvalue weighted by molar-refractivity contribution is 6.75. The van der Waals surface area contributed by atoms with Crippen LogP contribution in [0.2, 0.25) is 18.1 Å². The van der Waals surface area contributed by atoms with E-state index >= 15 is 0 Å². The topological polar surface area (TPSA) is 52.6 Å². The van der Waals surface area contributed by atoms with Gasteiger partial charge >= 0.3 is 11.9 Å². The minimum Gasteiger partial charge on any atom is -0.516 e. The molecule has 0 bridgehead atoms. The van der Waals surface area contributed by atoms with Gasteiger partial charge in [-0.25, -0.2) is 4.79 Å². The van der Waals surface area contributed by atoms with Crippen LogP contribution in [0.25, 0.3) is 0 Å². The van der Waals surface area contributed by atoms with Gasteiger partial charge in [0.2, 0.25) is 0 Å². The highest BCUT2D eigenvalue weighted by Gasteiger charge is 2.41. The van der Waals surface area contributed by atoms with Crippen LogP contribution in [0.3, 0.4) is 0 Å². The Bertz CT molecular complexity index is 556. The van der Waals surface area contributed by atoms with E-state index < -0.39 is 20.3 Å². The van der Waals surface area contributed by atoms with Crippen molar-refractivity contribution in [1.82, 2.24) is 0 Å². The van der Waals surface area contributed by atoms with Gasteiger partial charge in [-0.15, -0.1) is 0 Å². The fraction of sp³-hybridized carbons (Fsp3) is 0.500. The standard InChI is InChI=1S/C16H24O4Si/c1-11-8-9-13(14(10-11)19-12(2)17)15(18)20-21(6,7)16(3,4)5/h8-10H,1-7H3. The Morgan fingerprint density at radius 1 is 1.14 bits per heavy atom. The summed E-state index contributed by atoms with van der Waals surface area (Å²) in [5, 5.41) is -0.0745. The Labute approximate surface area is 127 Å². The maximum absolute atomic E-state index is 12.4. The minimum absolute atomic E-state index is 0.0745. The SMILES string of the molecule is CC(=O)Oc1cc(C)ccc1C(=O)O[Si](C)(C)C(C)(C)C. The second-order valence-corrected chi connectivity index (χ2v) is 11.5. The van der Waals surface area contributed by atoms with E-state index in [1.54, 1.807) is 18.2 Å². The second-order valence-electron chi connectivity index (χ2n) is 6.74. The molecule has 0 aromatic heterocycles. The van der Waals surface area contributed by atoms with Gasteiger partial charge in [0.25, 0.3) is 8.32 Å². The number of carbonyl (C=O) groups is 2. The first-order valence-corrected chi connectivity index (χ1v) is 9.87. The highest BCUT2D eigenvalue weighted by atomic mass is 28.4. The lowest BCUT2D eigenvalue weighted by molar-refractivity contribution is -0.131. The van der Waals surface area contributed by atoms with Gasteiger partial charge in [-0.3, -0.25) is 4.79 Å². The summed E-state index contributed by atoms with van der Waals surface area (Å²) < 4.78 is 10.9. The fourth-order valence-corrected chi connectivity index (χ4v) is 2.36.